The van der Waals surface area contributed by atoms with E-state index in [1.807, 2.05) is 0 Å². The first-order valence-electron chi connectivity index (χ1n) is 3.58. The molecule has 0 bridgehead atoms. The highest BCUT2D eigenvalue weighted by atomic mass is 19.2. The highest BCUT2D eigenvalue weighted by Gasteiger charge is 2.21. The number of hydrogen-bond donors (Lipinski definition) is 2. The van der Waals surface area contributed by atoms with Crippen molar-refractivity contribution in [2.45, 2.75) is 6.54 Å². The number of carbonyl (C=O) groups is 1. The lowest BCUT2D eigenvalue weighted by molar-refractivity contribution is 0.0690. The van der Waals surface area contributed by atoms with Crippen LogP contribution >= 0.6 is 0 Å². The van der Waals surface area contributed by atoms with Gasteiger partial charge in [0.1, 0.15) is 0 Å². The number of carboxylic acids is 1. The van der Waals surface area contributed by atoms with Crippen LogP contribution in [0.1, 0.15) is 15.9 Å². The molecule has 0 aliphatic rings. The van der Waals surface area contributed by atoms with Crippen LogP contribution in [0.15, 0.2) is 6.07 Å². The smallest absolute Gasteiger partial charge is 0.338 e. The molecule has 1 aromatic carbocycles. The van der Waals surface area contributed by atoms with E-state index in [1.54, 1.807) is 0 Å². The largest absolute Gasteiger partial charge is 0.478 e. The summed E-state index contributed by atoms with van der Waals surface area (Å²) >= 11 is 0. The highest BCUT2D eigenvalue weighted by molar-refractivity contribution is 5.88. The third-order valence-electron chi connectivity index (χ3n) is 1.67. The van der Waals surface area contributed by atoms with Gasteiger partial charge in [-0.25, -0.2) is 18.0 Å². The molecule has 6 heteroatoms. The molecule has 0 aromatic heterocycles. The summed E-state index contributed by atoms with van der Waals surface area (Å²) in [5.41, 5.74) is 3.72. The lowest BCUT2D eigenvalue weighted by Crippen LogP contribution is -2.10. The summed E-state index contributed by atoms with van der Waals surface area (Å²) in [5, 5.41) is 8.43. The molecular formula is C8H6F3NO2. The van der Waals surface area contributed by atoms with Crippen molar-refractivity contribution < 1.29 is 23.1 Å². The topological polar surface area (TPSA) is 63.3 Å². The van der Waals surface area contributed by atoms with Crippen LogP contribution in [0.4, 0.5) is 13.2 Å². The second kappa shape index (κ2) is 3.67. The zero-order chi connectivity index (χ0) is 10.9. The van der Waals surface area contributed by atoms with Gasteiger partial charge in [-0.05, 0) is 6.07 Å². The molecule has 0 unspecified atom stereocenters. The fourth-order valence-electron chi connectivity index (χ4n) is 0.961. The predicted molar refractivity (Wildman–Crippen MR) is 41.2 cm³/mol. The van der Waals surface area contributed by atoms with E-state index in [-0.39, 0.29) is 5.56 Å². The Bertz CT molecular complexity index is 393. The Kier molecular flexibility index (Phi) is 2.76. The maximum absolute atomic E-state index is 12.8. The second-order valence-corrected chi connectivity index (χ2v) is 2.53. The number of nitrogens with two attached hydrogens (primary N) is 1. The summed E-state index contributed by atoms with van der Waals surface area (Å²) in [6.45, 7) is -0.399. The first kappa shape index (κ1) is 10.5. The zero-order valence-electron chi connectivity index (χ0n) is 6.85. The van der Waals surface area contributed by atoms with Gasteiger partial charge in [0.2, 0.25) is 0 Å². The minimum Gasteiger partial charge on any atom is -0.478 e. The van der Waals surface area contributed by atoms with Crippen molar-refractivity contribution in [3.8, 4) is 0 Å². The van der Waals surface area contributed by atoms with Gasteiger partial charge < -0.3 is 10.8 Å². The maximum atomic E-state index is 12.8. The molecule has 1 rings (SSSR count). The van der Waals surface area contributed by atoms with Crippen LogP contribution in [0.2, 0.25) is 0 Å². The van der Waals surface area contributed by atoms with E-state index in [9.17, 15) is 18.0 Å². The lowest BCUT2D eigenvalue weighted by atomic mass is 10.1. The number of halogens is 3. The normalized spacial score (nSPS) is 10.3. The summed E-state index contributed by atoms with van der Waals surface area (Å²) in [7, 11) is 0. The van der Waals surface area contributed by atoms with E-state index >= 15 is 0 Å². The molecule has 0 spiro atoms. The lowest BCUT2D eigenvalue weighted by Gasteiger charge is -2.04. The molecule has 0 heterocycles. The summed E-state index contributed by atoms with van der Waals surface area (Å²) < 4.78 is 38.3. The summed E-state index contributed by atoms with van der Waals surface area (Å²) in [4.78, 5) is 10.4. The standard InChI is InChI=1S/C8H6F3NO2/c9-5-3(2-12)1-4(8(13)14)6(10)7(5)11/h1H,2,12H2,(H,13,14). The van der Waals surface area contributed by atoms with Crippen LogP contribution in [0.3, 0.4) is 0 Å². The molecule has 0 aliphatic heterocycles. The van der Waals surface area contributed by atoms with Crippen LogP contribution in [-0.4, -0.2) is 11.1 Å². The van der Waals surface area contributed by atoms with E-state index in [4.69, 9.17) is 10.8 Å². The third kappa shape index (κ3) is 1.56. The quantitative estimate of drug-likeness (QED) is 0.714. The van der Waals surface area contributed by atoms with Crippen molar-refractivity contribution in [2.24, 2.45) is 5.73 Å². The monoisotopic (exact) mass is 205 g/mol. The predicted octanol–water partition coefficient (Wildman–Crippen LogP) is 1.26. The van der Waals surface area contributed by atoms with Gasteiger partial charge in [0.15, 0.2) is 17.5 Å². The van der Waals surface area contributed by atoms with Crippen molar-refractivity contribution in [3.63, 3.8) is 0 Å². The molecular weight excluding hydrogens is 199 g/mol. The zero-order valence-corrected chi connectivity index (χ0v) is 6.85. The van der Waals surface area contributed by atoms with Crippen molar-refractivity contribution in [2.75, 3.05) is 0 Å². The van der Waals surface area contributed by atoms with Crippen LogP contribution < -0.4 is 5.73 Å². The Labute approximate surface area is 77.0 Å². The van der Waals surface area contributed by atoms with E-state index in [1.165, 1.54) is 0 Å². The number of aromatic carboxylic acids is 1. The SMILES string of the molecule is NCc1cc(C(=O)O)c(F)c(F)c1F. The molecule has 0 radical (unpaired) electrons. The first-order chi connectivity index (χ1) is 6.49. The molecule has 3 N–H and O–H groups in total. The van der Waals surface area contributed by atoms with E-state index < -0.39 is 35.5 Å². The van der Waals surface area contributed by atoms with Crippen LogP contribution in [0.5, 0.6) is 0 Å². The number of carboxylic acid groups (broad SMARTS) is 1. The van der Waals surface area contributed by atoms with Crippen molar-refractivity contribution >= 4 is 5.97 Å². The average Bonchev–Trinajstić information content (AvgIpc) is 2.14. The average molecular weight is 205 g/mol. The second-order valence-electron chi connectivity index (χ2n) is 2.53. The fourth-order valence-corrected chi connectivity index (χ4v) is 0.961. The van der Waals surface area contributed by atoms with Crippen LogP contribution in [0, 0.1) is 17.5 Å². The number of benzene rings is 1. The molecule has 0 aliphatic carbocycles. The van der Waals surface area contributed by atoms with Gasteiger partial charge in [0.25, 0.3) is 0 Å². The van der Waals surface area contributed by atoms with Gasteiger partial charge in [-0.15, -0.1) is 0 Å². The summed E-state index contributed by atoms with van der Waals surface area (Å²) in [6, 6.07) is 0.677. The van der Waals surface area contributed by atoms with Gasteiger partial charge >= 0.3 is 5.97 Å². The van der Waals surface area contributed by atoms with Gasteiger partial charge in [0.05, 0.1) is 5.56 Å². The van der Waals surface area contributed by atoms with Crippen LogP contribution in [-0.2, 0) is 6.54 Å². The molecule has 76 valence electrons. The van der Waals surface area contributed by atoms with Gasteiger partial charge in [-0.1, -0.05) is 0 Å². The highest BCUT2D eigenvalue weighted by Crippen LogP contribution is 2.19. The molecule has 0 saturated carbocycles. The molecule has 0 atom stereocenters. The Morgan fingerprint density at radius 3 is 2.29 bits per heavy atom. The van der Waals surface area contributed by atoms with Crippen molar-refractivity contribution in [3.05, 3.63) is 34.6 Å². The Morgan fingerprint density at radius 2 is 1.86 bits per heavy atom. The molecule has 0 fully saturated rings. The summed E-state index contributed by atoms with van der Waals surface area (Å²) in [5.74, 6) is -6.65. The van der Waals surface area contributed by atoms with Crippen molar-refractivity contribution in [1.29, 1.82) is 0 Å². The summed E-state index contributed by atoms with van der Waals surface area (Å²) in [6.07, 6.45) is 0. The molecule has 3 nitrogen and oxygen atoms in total. The van der Waals surface area contributed by atoms with E-state index in [0.717, 1.165) is 0 Å². The minimum absolute atomic E-state index is 0.374. The van der Waals surface area contributed by atoms with E-state index in [0.29, 0.717) is 6.07 Å². The third-order valence-corrected chi connectivity index (χ3v) is 1.67. The Balaban J connectivity index is 3.48. The van der Waals surface area contributed by atoms with Gasteiger partial charge in [-0.3, -0.25) is 0 Å². The Morgan fingerprint density at radius 1 is 1.29 bits per heavy atom. The number of hydrogen-bond acceptors (Lipinski definition) is 2. The maximum Gasteiger partial charge on any atom is 0.338 e. The van der Waals surface area contributed by atoms with E-state index in [2.05, 4.69) is 0 Å². The molecule has 0 amide bonds. The number of rotatable bonds is 2. The fraction of sp³-hybridized carbons (Fsp3) is 0.125. The molecule has 0 saturated heterocycles. The Hall–Kier alpha value is -1.56. The molecule has 14 heavy (non-hydrogen) atoms. The minimum atomic E-state index is -1.81. The molecule has 1 aromatic rings. The van der Waals surface area contributed by atoms with Crippen LogP contribution in [0.25, 0.3) is 0 Å². The van der Waals surface area contributed by atoms with Gasteiger partial charge in [-0.2, -0.15) is 0 Å². The first-order valence-corrected chi connectivity index (χ1v) is 3.58. The van der Waals surface area contributed by atoms with Gasteiger partial charge in [0, 0.05) is 12.1 Å². The van der Waals surface area contributed by atoms with Crippen molar-refractivity contribution in [1.82, 2.24) is 0 Å².